The van der Waals surface area contributed by atoms with Gasteiger partial charge in [0.05, 0.1) is 13.2 Å². The van der Waals surface area contributed by atoms with Crippen LogP contribution < -0.4 is 5.32 Å². The number of ether oxygens (including phenoxy) is 3. The molecule has 1 aliphatic rings. The van der Waals surface area contributed by atoms with E-state index in [0.717, 1.165) is 31.4 Å². The first-order valence-electron chi connectivity index (χ1n) is 11.7. The van der Waals surface area contributed by atoms with Crippen LogP contribution in [0.2, 0.25) is 0 Å². The van der Waals surface area contributed by atoms with Crippen LogP contribution in [-0.4, -0.2) is 134 Å². The fourth-order valence-corrected chi connectivity index (χ4v) is 3.62. The van der Waals surface area contributed by atoms with Gasteiger partial charge in [0.2, 0.25) is 12.1 Å². The SMILES string of the molecule is C=C1CO[C@H]([C@@](NC(=O)C(C(=O)O)c2ccc(O)cc2)(OC)C(=O)OC[C@@H](O)[C@@H](O)[C@H](O)[C@H](O)CO)N=C1C(=O)O. The molecule has 2 rings (SSSR count). The number of carboxylic acid groups (broad SMARTS) is 2. The van der Waals surface area contributed by atoms with Crippen molar-refractivity contribution >= 4 is 29.5 Å². The van der Waals surface area contributed by atoms with Gasteiger partial charge in [0, 0.05) is 12.7 Å². The number of aliphatic imine (C=N–C) groups is 1. The van der Waals surface area contributed by atoms with Crippen LogP contribution >= 0.6 is 0 Å². The number of aliphatic carboxylic acids is 2. The summed E-state index contributed by atoms with van der Waals surface area (Å²) in [6.45, 7) is 0.845. The van der Waals surface area contributed by atoms with Crippen molar-refractivity contribution in [2.24, 2.45) is 4.99 Å². The first-order chi connectivity index (χ1) is 19.2. The number of methoxy groups -OCH3 is 1. The minimum atomic E-state index is -2.89. The number of carbonyl (C=O) groups is 4. The monoisotopic (exact) mass is 586 g/mol. The zero-order valence-electron chi connectivity index (χ0n) is 21.5. The summed E-state index contributed by atoms with van der Waals surface area (Å²) in [4.78, 5) is 54.0. The molecule has 0 saturated carbocycles. The molecule has 1 aliphatic heterocycles. The largest absolute Gasteiger partial charge is 0.508 e. The fraction of sp³-hybridized carbons (Fsp3) is 0.458. The molecule has 1 unspecified atom stereocenters. The molecule has 1 amide bonds. The Hall–Kier alpha value is -3.97. The van der Waals surface area contributed by atoms with E-state index in [-0.39, 0.29) is 16.9 Å². The Morgan fingerprint density at radius 3 is 2.20 bits per heavy atom. The van der Waals surface area contributed by atoms with Gasteiger partial charge in [-0.2, -0.15) is 0 Å². The standard InChI is InChI=1S/C24H30N2O15/c1-10-8-40-22(25-16(10)21(36)37)24(39-2,23(38)41-9-14(30)18(32)17(31)13(29)7-27)26-19(33)15(20(34)35)11-3-5-12(28)6-4-11/h3-6,13-15,17-18,22,27-32H,1,7-9H2,2H3,(H,26,33)(H,34,35)(H,36,37)/t13-,14-,15?,17-,18-,22-,24-/m1/s1. The summed E-state index contributed by atoms with van der Waals surface area (Å²) in [7, 11) is 0.841. The molecule has 0 bridgehead atoms. The van der Waals surface area contributed by atoms with Crippen molar-refractivity contribution < 1.29 is 74.2 Å². The second kappa shape index (κ2) is 14.1. The molecule has 0 aliphatic carbocycles. The van der Waals surface area contributed by atoms with E-state index in [0.29, 0.717) is 0 Å². The van der Waals surface area contributed by atoms with E-state index in [1.165, 1.54) is 0 Å². The van der Waals surface area contributed by atoms with E-state index in [4.69, 9.17) is 19.3 Å². The lowest BCUT2D eigenvalue weighted by Gasteiger charge is -2.38. The molecule has 17 heteroatoms. The Kier molecular flexibility index (Phi) is 11.4. The number of nitrogens with one attached hydrogen (secondary N) is 1. The third-order valence-corrected chi connectivity index (χ3v) is 5.93. The van der Waals surface area contributed by atoms with Gasteiger partial charge in [-0.25, -0.2) is 14.6 Å². The molecule has 41 heavy (non-hydrogen) atoms. The summed E-state index contributed by atoms with van der Waals surface area (Å²) in [6, 6.07) is 4.44. The third kappa shape index (κ3) is 7.61. The molecular weight excluding hydrogens is 556 g/mol. The Morgan fingerprint density at radius 2 is 1.68 bits per heavy atom. The number of carbonyl (C=O) groups excluding carboxylic acids is 2. The lowest BCUT2D eigenvalue weighted by molar-refractivity contribution is -0.203. The smallest absolute Gasteiger partial charge is 0.365 e. The number of hydrogen-bond donors (Lipinski definition) is 9. The van der Waals surface area contributed by atoms with E-state index in [9.17, 15) is 54.9 Å². The van der Waals surface area contributed by atoms with E-state index < -0.39 is 91.6 Å². The van der Waals surface area contributed by atoms with Crippen molar-refractivity contribution in [1.82, 2.24) is 5.32 Å². The summed E-state index contributed by atoms with van der Waals surface area (Å²) < 4.78 is 15.5. The number of aromatic hydroxyl groups is 1. The number of carboxylic acids is 2. The molecule has 17 nitrogen and oxygen atoms in total. The third-order valence-electron chi connectivity index (χ3n) is 5.93. The van der Waals surface area contributed by atoms with Crippen molar-refractivity contribution in [1.29, 1.82) is 0 Å². The first kappa shape index (κ1) is 33.2. The van der Waals surface area contributed by atoms with Gasteiger partial charge < -0.3 is 60.4 Å². The van der Waals surface area contributed by atoms with Crippen molar-refractivity contribution in [2.45, 2.75) is 42.3 Å². The van der Waals surface area contributed by atoms with Gasteiger partial charge in [0.25, 0.3) is 5.72 Å². The Morgan fingerprint density at radius 1 is 1.10 bits per heavy atom. The van der Waals surface area contributed by atoms with Crippen LogP contribution in [0.3, 0.4) is 0 Å². The fourth-order valence-electron chi connectivity index (χ4n) is 3.62. The van der Waals surface area contributed by atoms with Crippen molar-refractivity contribution in [3.05, 3.63) is 42.0 Å². The molecule has 0 spiro atoms. The molecule has 1 aromatic carbocycles. The topological polar surface area (TPSA) is 282 Å². The predicted octanol–water partition coefficient (Wildman–Crippen LogP) is -3.56. The molecule has 0 aromatic heterocycles. The number of aliphatic hydroxyl groups is 5. The van der Waals surface area contributed by atoms with Crippen LogP contribution in [0, 0.1) is 0 Å². The van der Waals surface area contributed by atoms with Crippen molar-refractivity contribution in [2.75, 3.05) is 26.9 Å². The van der Waals surface area contributed by atoms with Crippen LogP contribution in [0.25, 0.3) is 0 Å². The van der Waals surface area contributed by atoms with Crippen molar-refractivity contribution in [3.8, 4) is 5.75 Å². The van der Waals surface area contributed by atoms with E-state index >= 15 is 0 Å². The summed E-state index contributed by atoms with van der Waals surface area (Å²) in [5, 5.41) is 79.0. The summed E-state index contributed by atoms with van der Waals surface area (Å²) in [5.41, 5.74) is -3.83. The maximum atomic E-state index is 13.3. The predicted molar refractivity (Wildman–Crippen MR) is 132 cm³/mol. The second-order valence-corrected chi connectivity index (χ2v) is 8.74. The Bertz CT molecular complexity index is 1170. The highest BCUT2D eigenvalue weighted by Crippen LogP contribution is 2.27. The quantitative estimate of drug-likeness (QED) is 0.0579. The van der Waals surface area contributed by atoms with Gasteiger partial charge in [-0.05, 0) is 17.7 Å². The molecule has 7 atom stereocenters. The van der Waals surface area contributed by atoms with Crippen molar-refractivity contribution in [3.63, 3.8) is 0 Å². The number of rotatable bonds is 14. The van der Waals surface area contributed by atoms with Gasteiger partial charge in [-0.3, -0.25) is 9.59 Å². The number of benzene rings is 1. The molecule has 1 heterocycles. The lowest BCUT2D eigenvalue weighted by Crippen LogP contribution is -2.66. The minimum absolute atomic E-state index is 0.124. The van der Waals surface area contributed by atoms with Gasteiger partial charge >= 0.3 is 17.9 Å². The highest BCUT2D eigenvalue weighted by Gasteiger charge is 2.54. The van der Waals surface area contributed by atoms with Gasteiger partial charge in [-0.15, -0.1) is 0 Å². The molecule has 226 valence electrons. The average Bonchev–Trinajstić information content (AvgIpc) is 2.94. The summed E-state index contributed by atoms with van der Waals surface area (Å²) in [6.07, 6.45) is -10.2. The maximum absolute atomic E-state index is 13.3. The van der Waals surface area contributed by atoms with Crippen LogP contribution in [0.1, 0.15) is 11.5 Å². The number of phenols is 1. The number of hydrogen-bond acceptors (Lipinski definition) is 14. The first-order valence-corrected chi connectivity index (χ1v) is 11.7. The summed E-state index contributed by atoms with van der Waals surface area (Å²) >= 11 is 0. The molecule has 0 radical (unpaired) electrons. The Balaban J connectivity index is 2.48. The van der Waals surface area contributed by atoms with Crippen LogP contribution in [0.4, 0.5) is 0 Å². The number of phenolic OH excluding ortho intramolecular Hbond substituents is 1. The zero-order valence-corrected chi connectivity index (χ0v) is 21.5. The maximum Gasteiger partial charge on any atom is 0.365 e. The number of aliphatic hydroxyl groups excluding tert-OH is 5. The molecule has 9 N–H and O–H groups in total. The van der Waals surface area contributed by atoms with Gasteiger partial charge in [-0.1, -0.05) is 18.7 Å². The molecule has 0 fully saturated rings. The molecule has 0 saturated heterocycles. The lowest BCUT2D eigenvalue weighted by atomic mass is 9.97. The highest BCUT2D eigenvalue weighted by atomic mass is 16.6. The number of esters is 1. The van der Waals surface area contributed by atoms with Crippen LogP contribution in [-0.2, 0) is 33.4 Å². The summed E-state index contributed by atoms with van der Waals surface area (Å²) in [5.74, 6) is -8.55. The van der Waals surface area contributed by atoms with Crippen LogP contribution in [0.15, 0.2) is 41.4 Å². The number of amides is 1. The van der Waals surface area contributed by atoms with E-state index in [1.54, 1.807) is 0 Å². The zero-order chi connectivity index (χ0) is 31.1. The highest BCUT2D eigenvalue weighted by molar-refractivity contribution is 6.42. The van der Waals surface area contributed by atoms with Gasteiger partial charge in [0.1, 0.15) is 36.8 Å². The Labute approximate surface area is 231 Å². The molecular formula is C24H30N2O15. The molecule has 1 aromatic rings. The van der Waals surface area contributed by atoms with E-state index in [2.05, 4.69) is 11.6 Å². The van der Waals surface area contributed by atoms with Crippen LogP contribution in [0.5, 0.6) is 5.75 Å². The average molecular weight is 587 g/mol. The normalized spacial score (nSPS) is 20.4. The second-order valence-electron chi connectivity index (χ2n) is 8.74. The number of nitrogens with zero attached hydrogens (tertiary/aromatic N) is 1. The van der Waals surface area contributed by atoms with Gasteiger partial charge in [0.15, 0.2) is 11.6 Å². The van der Waals surface area contributed by atoms with E-state index in [1.807, 2.05) is 5.32 Å². The minimum Gasteiger partial charge on any atom is -0.508 e.